The Labute approximate surface area is 849 Å². The number of unbranched alkanes of at least 4 members (excludes halogenated alkanes) is 2. The minimum absolute atomic E-state index is 0.00480. The van der Waals surface area contributed by atoms with Crippen LogP contribution in [-0.2, 0) is 19.8 Å². The molecule has 0 aliphatic carbocycles. The molecule has 20 aromatic rings. The lowest BCUT2D eigenvalue weighted by Crippen LogP contribution is -2.21. The molecule has 0 saturated carbocycles. The van der Waals surface area contributed by atoms with E-state index in [-0.39, 0.29) is 83.8 Å². The highest BCUT2D eigenvalue weighted by atomic mass is 16.5. The number of hydrogen-bond donors (Lipinski definition) is 6. The van der Waals surface area contributed by atoms with E-state index in [2.05, 4.69) is 64.6 Å². The van der Waals surface area contributed by atoms with Crippen molar-refractivity contribution in [1.82, 2.24) is 9.97 Å². The van der Waals surface area contributed by atoms with Crippen LogP contribution in [0.2, 0.25) is 0 Å². The van der Waals surface area contributed by atoms with E-state index in [1.807, 2.05) is 135 Å². The summed E-state index contributed by atoms with van der Waals surface area (Å²) in [5.74, 6) is 8.39. The van der Waals surface area contributed by atoms with E-state index in [0.29, 0.717) is 220 Å². The number of aliphatic hydroxyl groups is 6. The molecule has 28 nitrogen and oxygen atoms in total. The quantitative estimate of drug-likeness (QED) is 0.0199. The Morgan fingerprint density at radius 2 is 0.574 bits per heavy atom. The first-order valence-electron chi connectivity index (χ1n) is 48.7. The fourth-order valence-corrected chi connectivity index (χ4v) is 16.7. The third-order valence-electron chi connectivity index (χ3n) is 23.8. The molecule has 7 heterocycles. The number of aryl methyl sites for hydroxylation is 4. The van der Waals surface area contributed by atoms with Gasteiger partial charge in [-0.15, -0.1) is 0 Å². The van der Waals surface area contributed by atoms with Crippen LogP contribution in [0.15, 0.2) is 338 Å². The van der Waals surface area contributed by atoms with Gasteiger partial charge in [-0.1, -0.05) is 166 Å². The van der Waals surface area contributed by atoms with Crippen molar-refractivity contribution in [2.24, 2.45) is 0 Å². The van der Waals surface area contributed by atoms with E-state index in [0.717, 1.165) is 70.8 Å². The van der Waals surface area contributed by atoms with Crippen molar-refractivity contribution in [3.8, 4) is 69.0 Å². The van der Waals surface area contributed by atoms with Crippen LogP contribution in [-0.4, -0.2) is 113 Å². The van der Waals surface area contributed by atoms with Crippen LogP contribution in [0.25, 0.3) is 109 Å². The maximum atomic E-state index is 12.8. The molecule has 758 valence electrons. The summed E-state index contributed by atoms with van der Waals surface area (Å²) in [5.41, 5.74) is 5.94. The van der Waals surface area contributed by atoms with Crippen molar-refractivity contribution in [3.05, 3.63) is 388 Å². The highest BCUT2D eigenvalue weighted by Gasteiger charge is 2.23. The van der Waals surface area contributed by atoms with E-state index in [1.54, 1.807) is 113 Å². The van der Waals surface area contributed by atoms with Gasteiger partial charge in [0.1, 0.15) is 185 Å². The Morgan fingerprint density at radius 3 is 0.912 bits per heavy atom. The van der Waals surface area contributed by atoms with Crippen LogP contribution in [0.4, 0.5) is 0 Å². The smallest absolute Gasteiger partial charge is 0.196 e. The number of hydrogen-bond acceptors (Lipinski definition) is 28. The number of rotatable bonds is 36. The zero-order valence-electron chi connectivity index (χ0n) is 82.5. The summed E-state index contributed by atoms with van der Waals surface area (Å²) in [6.07, 6.45) is 5.85. The Morgan fingerprint density at radius 1 is 0.284 bits per heavy atom. The molecule has 20 rings (SSSR count). The van der Waals surface area contributed by atoms with Gasteiger partial charge in [-0.2, -0.15) is 0 Å². The van der Waals surface area contributed by atoms with Crippen molar-refractivity contribution in [3.63, 3.8) is 0 Å². The summed E-state index contributed by atoms with van der Waals surface area (Å²) < 4.78 is 88.2. The summed E-state index contributed by atoms with van der Waals surface area (Å²) in [6, 6.07) is 85.8. The van der Waals surface area contributed by atoms with Gasteiger partial charge in [0.15, 0.2) is 27.1 Å². The summed E-state index contributed by atoms with van der Waals surface area (Å²) in [5, 5.41) is 65.0. The van der Waals surface area contributed by atoms with Crippen LogP contribution < -0.4 is 74.5 Å². The van der Waals surface area contributed by atoms with Crippen molar-refractivity contribution in [2.45, 2.75) is 112 Å². The Bertz CT molecular complexity index is 8370. The van der Waals surface area contributed by atoms with Gasteiger partial charge in [-0.3, -0.25) is 33.9 Å². The molecular weight excluding hydrogens is 1890 g/mol. The molecule has 6 N–H and O–H groups in total. The lowest BCUT2D eigenvalue weighted by Gasteiger charge is -2.14. The monoisotopic (exact) mass is 2000 g/mol. The van der Waals surface area contributed by atoms with Gasteiger partial charge < -0.3 is 100 Å². The molecule has 0 radical (unpaired) electrons. The second-order valence-corrected chi connectivity index (χ2v) is 35.2. The number of ether oxygens (including phenoxy) is 10. The van der Waals surface area contributed by atoms with Gasteiger partial charge >= 0.3 is 0 Å². The number of nitrogens with zero attached hydrogens (tertiary/aromatic N) is 2. The summed E-state index contributed by atoms with van der Waals surface area (Å²) in [4.78, 5) is 71.4. The SMILES string of the molecule is CC(C)c1cc(=O)c2c(OCCCCO)cc(OCc3cccc4ccccc34)cc2o1.Cc1cc(=O)c2c(OCC(O)CO)cc(Oc3ccnc4ccccc34)cc2o1.Cc1cc(=O)c2c(OCCCCO)cc(OCc3cccc4ccccc34)cc2o1.Cc1cc(=O)c2c(OCCCO)cc(OCc3cccc4ccccc34)cc2o1.Cc1cc(=O)c2c(OCCCO)cc(Oc3ccnc4ccccc34)cc2o1. The third kappa shape index (κ3) is 26.3. The minimum Gasteiger partial charge on any atom is -0.493 e. The van der Waals surface area contributed by atoms with E-state index in [4.69, 9.17) is 95.0 Å². The first kappa shape index (κ1) is 104. The molecule has 13 aromatic carbocycles. The van der Waals surface area contributed by atoms with Gasteiger partial charge in [0, 0.05) is 159 Å². The number of para-hydroxylation sites is 2. The number of pyridine rings is 2. The average Bonchev–Trinajstić information content (AvgIpc) is 0.786. The van der Waals surface area contributed by atoms with Gasteiger partial charge in [-0.25, -0.2) is 0 Å². The van der Waals surface area contributed by atoms with Gasteiger partial charge in [-0.05, 0) is 139 Å². The Kier molecular flexibility index (Phi) is 35.3. The van der Waals surface area contributed by atoms with Gasteiger partial charge in [0.2, 0.25) is 0 Å². The molecule has 0 aliphatic rings. The van der Waals surface area contributed by atoms with Gasteiger partial charge in [0.25, 0.3) is 0 Å². The largest absolute Gasteiger partial charge is 0.493 e. The molecule has 7 aromatic heterocycles. The van der Waals surface area contributed by atoms with E-state index in [9.17, 15) is 29.1 Å². The molecule has 0 bridgehead atoms. The molecule has 148 heavy (non-hydrogen) atoms. The predicted molar refractivity (Wildman–Crippen MR) is 571 cm³/mol. The molecule has 1 unspecified atom stereocenters. The third-order valence-corrected chi connectivity index (χ3v) is 23.8. The number of aromatic nitrogens is 2. The molecule has 0 fully saturated rings. The molecule has 0 saturated heterocycles. The number of aliphatic hydroxyl groups excluding tert-OH is 6. The Hall–Kier alpha value is -16.7. The van der Waals surface area contributed by atoms with Crippen LogP contribution in [0.3, 0.4) is 0 Å². The lowest BCUT2D eigenvalue weighted by atomic mass is 10.1. The number of benzene rings is 13. The van der Waals surface area contributed by atoms with Crippen molar-refractivity contribution < 1.29 is 100 Å². The maximum Gasteiger partial charge on any atom is 0.196 e. The van der Waals surface area contributed by atoms with Crippen LogP contribution in [0.1, 0.15) is 104 Å². The standard InChI is InChI=1S/C27H28O5.C25H24O5.C24H22O5.C22H19NO6.C22H19NO5/c1-18(2)24-16-23(29)27-25(30-13-6-5-12-28)14-21(15-26(27)32-24)31-17-20-10-7-9-19-8-3-4-11-22(19)20;1-17-13-22(27)25-23(28-12-5-4-11-26)14-20(15-24(25)30-17)29-16-19-9-6-8-18-7-2-3-10-21(18)19;1-16-12-21(26)24-22(27-11-5-10-25)13-19(14-23(24)29-16)28-15-18-8-4-7-17-6-2-3-9-20(17)18;1-13-8-18(26)22-20(27-12-14(25)11-24)9-15(10-21(22)28-13)29-19-6-7-23-17-5-3-2-4-16(17)19;1-14-11-18(25)22-20(26-10-4-9-24)12-15(13-21(22)27-14)28-19-7-8-23-17-6-3-2-5-16(17)19/h3-4,7-11,14-16,18,28H,5-6,12-13,17H2,1-2H3;2-3,6-10,13-15,26H,4-5,11-12,16H2,1H3;2-4,6-9,12-14,25H,5,10-11,15H2,1H3;2-10,14,24-25H,11-12H2,1H3;2-3,5-8,11-13,24H,4,9-10H2,1H3. The highest BCUT2D eigenvalue weighted by molar-refractivity contribution is 5.93. The zero-order valence-corrected chi connectivity index (χ0v) is 82.5. The van der Waals surface area contributed by atoms with Crippen molar-refractivity contribution >= 4 is 109 Å². The zero-order chi connectivity index (χ0) is 104. The summed E-state index contributed by atoms with van der Waals surface area (Å²) >= 11 is 0. The molecular formula is C120H112N2O26. The fourth-order valence-electron chi connectivity index (χ4n) is 16.7. The predicted octanol–water partition coefficient (Wildman–Crippen LogP) is 22.8. The lowest BCUT2D eigenvalue weighted by molar-refractivity contribution is 0.0540. The van der Waals surface area contributed by atoms with Gasteiger partial charge in [0.05, 0.1) is 44.1 Å². The molecule has 28 heteroatoms. The van der Waals surface area contributed by atoms with Crippen LogP contribution in [0.5, 0.6) is 69.0 Å². The second-order valence-electron chi connectivity index (χ2n) is 35.2. The summed E-state index contributed by atoms with van der Waals surface area (Å²) in [6.45, 7) is 13.0. The van der Waals surface area contributed by atoms with Crippen molar-refractivity contribution in [2.75, 3.05) is 66.1 Å². The topological polar surface area (TPSA) is 391 Å². The second kappa shape index (κ2) is 50.2. The molecule has 1 atom stereocenters. The molecule has 0 aliphatic heterocycles. The fraction of sp³-hybridized carbons (Fsp3) is 0.225. The first-order valence-corrected chi connectivity index (χ1v) is 48.7. The summed E-state index contributed by atoms with van der Waals surface area (Å²) in [7, 11) is 0. The number of fused-ring (bicyclic) bond motifs is 10. The normalized spacial score (nSPS) is 11.4. The first-order chi connectivity index (χ1) is 72.1. The minimum atomic E-state index is -1.07. The van der Waals surface area contributed by atoms with E-state index in [1.165, 1.54) is 30.3 Å². The van der Waals surface area contributed by atoms with Crippen LogP contribution in [0, 0.1) is 27.7 Å². The van der Waals surface area contributed by atoms with Crippen LogP contribution >= 0.6 is 0 Å². The maximum absolute atomic E-state index is 12.8. The Balaban J connectivity index is 0.000000132. The highest BCUT2D eigenvalue weighted by Crippen LogP contribution is 2.41. The molecule has 0 amide bonds. The van der Waals surface area contributed by atoms with E-state index >= 15 is 0 Å². The average molecular weight is 2000 g/mol. The molecule has 0 spiro atoms. The van der Waals surface area contributed by atoms with E-state index < -0.39 is 12.7 Å². The van der Waals surface area contributed by atoms with Crippen molar-refractivity contribution in [1.29, 1.82) is 0 Å².